The number of nitrogens with zero attached hydrogens (tertiary/aromatic N) is 2. The lowest BCUT2D eigenvalue weighted by molar-refractivity contribution is -0.128. The van der Waals surface area contributed by atoms with Crippen molar-refractivity contribution in [1.82, 2.24) is 4.90 Å². The van der Waals surface area contributed by atoms with E-state index < -0.39 is 10.0 Å². The number of hydrogen-bond acceptors (Lipinski definition) is 4. The van der Waals surface area contributed by atoms with Crippen LogP contribution in [0.3, 0.4) is 0 Å². The Hall–Kier alpha value is -3.03. The summed E-state index contributed by atoms with van der Waals surface area (Å²) in [5, 5.41) is 0.610. The number of anilines is 1. The molecular formula is C25H27ClN2O4S. The number of likely N-dealkylation sites (N-methyl/N-ethyl adjacent to an activating group) is 1. The zero-order valence-electron chi connectivity index (χ0n) is 18.9. The molecular weight excluding hydrogens is 460 g/mol. The van der Waals surface area contributed by atoms with Gasteiger partial charge in [-0.25, -0.2) is 8.42 Å². The van der Waals surface area contributed by atoms with Gasteiger partial charge < -0.3 is 9.64 Å². The number of benzene rings is 3. The van der Waals surface area contributed by atoms with Crippen molar-refractivity contribution in [1.29, 1.82) is 0 Å². The van der Waals surface area contributed by atoms with Crippen LogP contribution in [0.1, 0.15) is 18.1 Å². The van der Waals surface area contributed by atoms with Crippen LogP contribution in [0.15, 0.2) is 77.7 Å². The van der Waals surface area contributed by atoms with Gasteiger partial charge in [0.15, 0.2) is 0 Å². The number of aryl methyl sites for hydroxylation is 1. The van der Waals surface area contributed by atoms with Crippen molar-refractivity contribution in [2.45, 2.75) is 25.3 Å². The van der Waals surface area contributed by atoms with E-state index >= 15 is 0 Å². The van der Waals surface area contributed by atoms with Gasteiger partial charge in [0.2, 0.25) is 5.91 Å². The maximum atomic E-state index is 13.5. The smallest absolute Gasteiger partial charge is 0.264 e. The van der Waals surface area contributed by atoms with Crippen molar-refractivity contribution < 1.29 is 17.9 Å². The first-order valence-electron chi connectivity index (χ1n) is 10.5. The summed E-state index contributed by atoms with van der Waals surface area (Å²) in [6.07, 6.45) is 0. The zero-order chi connectivity index (χ0) is 24.0. The van der Waals surface area contributed by atoms with Crippen LogP contribution in [-0.2, 0) is 21.4 Å². The SMILES string of the molecule is CCOc1ccc(N(CC(=O)N(C)Cc2ccc(Cl)cc2)S(=O)(=O)c2ccc(C)cc2)cc1. The molecule has 0 unspecified atom stereocenters. The minimum atomic E-state index is -3.98. The predicted molar refractivity (Wildman–Crippen MR) is 131 cm³/mol. The summed E-state index contributed by atoms with van der Waals surface area (Å²) < 4.78 is 33.6. The minimum absolute atomic E-state index is 0.120. The molecule has 3 rings (SSSR count). The van der Waals surface area contributed by atoms with E-state index in [4.69, 9.17) is 16.3 Å². The maximum Gasteiger partial charge on any atom is 0.264 e. The Bertz CT molecular complexity index is 1180. The van der Waals surface area contributed by atoms with Crippen LogP contribution in [0, 0.1) is 6.92 Å². The first kappa shape index (κ1) is 24.6. The standard InChI is InChI=1S/C25H27ClN2O4S/c1-4-32-23-13-11-22(12-14-23)28(33(30,31)24-15-5-19(2)6-16-24)18-25(29)27(3)17-20-7-9-21(26)10-8-20/h5-16H,4,17-18H2,1-3H3. The van der Waals surface area contributed by atoms with Crippen molar-refractivity contribution in [3.8, 4) is 5.75 Å². The van der Waals surface area contributed by atoms with E-state index in [1.165, 1.54) is 4.90 Å². The van der Waals surface area contributed by atoms with Gasteiger partial charge in [0.25, 0.3) is 10.0 Å². The van der Waals surface area contributed by atoms with Crippen LogP contribution in [0.4, 0.5) is 5.69 Å². The van der Waals surface area contributed by atoms with Crippen LogP contribution in [0.25, 0.3) is 0 Å². The molecule has 0 spiro atoms. The summed E-state index contributed by atoms with van der Waals surface area (Å²) in [5.74, 6) is 0.287. The molecule has 6 nitrogen and oxygen atoms in total. The van der Waals surface area contributed by atoms with Gasteiger partial charge in [-0.05, 0) is 67.9 Å². The summed E-state index contributed by atoms with van der Waals surface area (Å²) >= 11 is 5.93. The number of halogens is 1. The van der Waals surface area contributed by atoms with Gasteiger partial charge in [0.1, 0.15) is 12.3 Å². The summed E-state index contributed by atoms with van der Waals surface area (Å²) in [5.41, 5.74) is 2.22. The third-order valence-electron chi connectivity index (χ3n) is 5.08. The highest BCUT2D eigenvalue weighted by atomic mass is 35.5. The molecule has 0 fully saturated rings. The third-order valence-corrected chi connectivity index (χ3v) is 7.12. The normalized spacial score (nSPS) is 11.2. The molecule has 0 saturated carbocycles. The number of ether oxygens (including phenoxy) is 1. The molecule has 0 aliphatic rings. The van der Waals surface area contributed by atoms with Crippen molar-refractivity contribution in [3.63, 3.8) is 0 Å². The van der Waals surface area contributed by atoms with E-state index in [9.17, 15) is 13.2 Å². The number of carbonyl (C=O) groups excluding carboxylic acids is 1. The fraction of sp³-hybridized carbons (Fsp3) is 0.240. The number of carbonyl (C=O) groups is 1. The van der Waals surface area contributed by atoms with Crippen LogP contribution in [0.5, 0.6) is 5.75 Å². The molecule has 0 radical (unpaired) electrons. The Balaban J connectivity index is 1.89. The van der Waals surface area contributed by atoms with Crippen LogP contribution >= 0.6 is 11.6 Å². The average molecular weight is 487 g/mol. The van der Waals surface area contributed by atoms with E-state index in [2.05, 4.69) is 0 Å². The second-order valence-corrected chi connectivity index (χ2v) is 9.93. The Morgan fingerprint density at radius 1 is 0.939 bits per heavy atom. The van der Waals surface area contributed by atoms with Crippen molar-refractivity contribution >= 4 is 33.2 Å². The van der Waals surface area contributed by atoms with Gasteiger partial charge in [0, 0.05) is 18.6 Å². The Kier molecular flexibility index (Phi) is 8.00. The number of rotatable bonds is 9. The highest BCUT2D eigenvalue weighted by Crippen LogP contribution is 2.26. The quantitative estimate of drug-likeness (QED) is 0.431. The monoisotopic (exact) mass is 486 g/mol. The number of sulfonamides is 1. The fourth-order valence-corrected chi connectivity index (χ4v) is 4.76. The minimum Gasteiger partial charge on any atom is -0.494 e. The second-order valence-electron chi connectivity index (χ2n) is 7.63. The predicted octanol–water partition coefficient (Wildman–Crippen LogP) is 4.90. The van der Waals surface area contributed by atoms with Gasteiger partial charge in [0.05, 0.1) is 17.2 Å². The molecule has 0 atom stereocenters. The van der Waals surface area contributed by atoms with E-state index in [0.29, 0.717) is 29.6 Å². The number of amides is 1. The molecule has 33 heavy (non-hydrogen) atoms. The molecule has 0 saturated heterocycles. The van der Waals surface area contributed by atoms with E-state index in [1.54, 1.807) is 67.7 Å². The summed E-state index contributed by atoms with van der Waals surface area (Å²) in [6, 6.07) is 20.4. The molecule has 0 aromatic heterocycles. The largest absolute Gasteiger partial charge is 0.494 e. The van der Waals surface area contributed by atoms with E-state index in [0.717, 1.165) is 15.4 Å². The van der Waals surface area contributed by atoms with Crippen LogP contribution in [0.2, 0.25) is 5.02 Å². The average Bonchev–Trinajstić information content (AvgIpc) is 2.80. The van der Waals surface area contributed by atoms with E-state index in [-0.39, 0.29) is 17.3 Å². The lowest BCUT2D eigenvalue weighted by atomic mass is 10.2. The summed E-state index contributed by atoms with van der Waals surface area (Å²) in [4.78, 5) is 14.7. The Morgan fingerprint density at radius 3 is 2.12 bits per heavy atom. The molecule has 0 bridgehead atoms. The molecule has 0 aliphatic carbocycles. The van der Waals surface area contributed by atoms with Gasteiger partial charge in [-0.3, -0.25) is 9.10 Å². The molecule has 0 N–H and O–H groups in total. The van der Waals surface area contributed by atoms with Crippen LogP contribution < -0.4 is 9.04 Å². The molecule has 0 heterocycles. The van der Waals surface area contributed by atoms with Gasteiger partial charge in [-0.1, -0.05) is 41.4 Å². The maximum absolute atomic E-state index is 13.5. The molecule has 174 valence electrons. The topological polar surface area (TPSA) is 66.9 Å². The van der Waals surface area contributed by atoms with Gasteiger partial charge in [-0.15, -0.1) is 0 Å². The van der Waals surface area contributed by atoms with Crippen molar-refractivity contribution in [2.24, 2.45) is 0 Å². The zero-order valence-corrected chi connectivity index (χ0v) is 20.4. The molecule has 8 heteroatoms. The molecule has 0 aliphatic heterocycles. The highest BCUT2D eigenvalue weighted by Gasteiger charge is 2.28. The Labute approximate surface area is 200 Å². The highest BCUT2D eigenvalue weighted by molar-refractivity contribution is 7.92. The molecule has 3 aromatic carbocycles. The second kappa shape index (κ2) is 10.7. The Morgan fingerprint density at radius 2 is 1.55 bits per heavy atom. The van der Waals surface area contributed by atoms with Crippen LogP contribution in [-0.4, -0.2) is 39.4 Å². The van der Waals surface area contributed by atoms with Gasteiger partial charge in [-0.2, -0.15) is 0 Å². The van der Waals surface area contributed by atoms with Crippen molar-refractivity contribution in [2.75, 3.05) is 24.5 Å². The van der Waals surface area contributed by atoms with Gasteiger partial charge >= 0.3 is 0 Å². The first-order chi connectivity index (χ1) is 15.7. The fourth-order valence-electron chi connectivity index (χ4n) is 3.22. The lowest BCUT2D eigenvalue weighted by Crippen LogP contribution is -2.41. The lowest BCUT2D eigenvalue weighted by Gasteiger charge is -2.27. The van der Waals surface area contributed by atoms with E-state index in [1.807, 2.05) is 26.0 Å². The number of hydrogen-bond donors (Lipinski definition) is 0. The summed E-state index contributed by atoms with van der Waals surface area (Å²) in [7, 11) is -2.33. The molecule has 1 amide bonds. The molecule has 3 aromatic rings. The first-order valence-corrected chi connectivity index (χ1v) is 12.3. The van der Waals surface area contributed by atoms with Crippen molar-refractivity contribution in [3.05, 3.63) is 88.9 Å². The summed E-state index contributed by atoms with van der Waals surface area (Å²) in [6.45, 7) is 4.25. The third kappa shape index (κ3) is 6.27.